The van der Waals surface area contributed by atoms with Crippen molar-refractivity contribution in [2.75, 3.05) is 6.61 Å². The molecule has 0 aromatic heterocycles. The summed E-state index contributed by atoms with van der Waals surface area (Å²) in [4.78, 5) is 0. The van der Waals surface area contributed by atoms with Crippen LogP contribution in [-0.2, 0) is 4.74 Å². The van der Waals surface area contributed by atoms with Crippen molar-refractivity contribution < 1.29 is 4.74 Å². The first-order chi connectivity index (χ1) is 4.61. The molecule has 1 fully saturated rings. The van der Waals surface area contributed by atoms with Gasteiger partial charge in [-0.3, -0.25) is 0 Å². The Morgan fingerprint density at radius 2 is 1.90 bits per heavy atom. The highest BCUT2D eigenvalue weighted by Gasteiger charge is 2.38. The first-order valence-corrected chi connectivity index (χ1v) is 8.40. The van der Waals surface area contributed by atoms with Crippen LogP contribution in [0.5, 0.6) is 0 Å². The van der Waals surface area contributed by atoms with Crippen LogP contribution in [0.25, 0.3) is 0 Å². The predicted octanol–water partition coefficient (Wildman–Crippen LogP) is 2.75. The Bertz CT molecular complexity index is 108. The quantitative estimate of drug-likeness (QED) is 0.487. The Balaban J connectivity index is 2.39. The van der Waals surface area contributed by atoms with Gasteiger partial charge in [-0.2, -0.15) is 0 Å². The fourth-order valence-corrected chi connectivity index (χ4v) is 3.39. The fourth-order valence-electron chi connectivity index (χ4n) is 0.999. The van der Waals surface area contributed by atoms with E-state index in [1.54, 1.807) is 0 Å². The summed E-state index contributed by atoms with van der Waals surface area (Å²) in [7, 11) is 0. The first kappa shape index (κ1) is 9.14. The molecule has 10 heavy (non-hydrogen) atoms. The van der Waals surface area contributed by atoms with Gasteiger partial charge in [-0.05, 0) is 19.3 Å². The lowest BCUT2D eigenvalue weighted by Gasteiger charge is -2.26. The van der Waals surface area contributed by atoms with Crippen LogP contribution in [0.1, 0.15) is 19.3 Å². The van der Waals surface area contributed by atoms with Crippen molar-refractivity contribution in [2.24, 2.45) is 0 Å². The van der Waals surface area contributed by atoms with E-state index in [-0.39, 0.29) is 5.73 Å². The molecule has 0 aromatic carbocycles. The maximum Gasteiger partial charge on any atom is 0.369 e. The minimum atomic E-state index is -2.56. The molecular formula is C5H9Cl3OSi. The van der Waals surface area contributed by atoms with Crippen molar-refractivity contribution in [3.63, 3.8) is 0 Å². The summed E-state index contributed by atoms with van der Waals surface area (Å²) in [5.74, 6) is 0. The van der Waals surface area contributed by atoms with Gasteiger partial charge in [0, 0.05) is 6.61 Å². The van der Waals surface area contributed by atoms with E-state index < -0.39 is 6.00 Å². The maximum absolute atomic E-state index is 5.76. The van der Waals surface area contributed by atoms with Crippen LogP contribution >= 0.6 is 33.2 Å². The zero-order valence-electron chi connectivity index (χ0n) is 5.45. The molecule has 1 unspecified atom stereocenters. The summed E-state index contributed by atoms with van der Waals surface area (Å²) < 4.78 is 5.31. The zero-order valence-corrected chi connectivity index (χ0v) is 8.72. The second kappa shape index (κ2) is 3.63. The molecule has 60 valence electrons. The smallest absolute Gasteiger partial charge is 0.369 e. The average molecular weight is 220 g/mol. The van der Waals surface area contributed by atoms with Gasteiger partial charge < -0.3 is 4.74 Å². The highest BCUT2D eigenvalue weighted by molar-refractivity contribution is 7.65. The molecule has 1 nitrogen and oxygen atoms in total. The third-order valence-electron chi connectivity index (χ3n) is 1.54. The number of hydrogen-bond acceptors (Lipinski definition) is 1. The molecule has 1 rings (SSSR count). The van der Waals surface area contributed by atoms with E-state index in [9.17, 15) is 0 Å². The second-order valence-electron chi connectivity index (χ2n) is 2.40. The molecule has 0 radical (unpaired) electrons. The van der Waals surface area contributed by atoms with E-state index in [1.165, 1.54) is 0 Å². The number of hydrogen-bond donors (Lipinski definition) is 0. The van der Waals surface area contributed by atoms with Crippen molar-refractivity contribution in [1.29, 1.82) is 0 Å². The predicted molar refractivity (Wildman–Crippen MR) is 46.9 cm³/mol. The molecule has 1 aliphatic rings. The van der Waals surface area contributed by atoms with Crippen LogP contribution < -0.4 is 0 Å². The summed E-state index contributed by atoms with van der Waals surface area (Å²) in [6, 6.07) is -2.56. The molecule has 1 aliphatic heterocycles. The standard InChI is InChI=1S/C5H9Cl3OSi/c6-10(7,8)5-3-1-2-4-9-5/h5H,1-4H2. The molecule has 0 spiro atoms. The first-order valence-electron chi connectivity index (χ1n) is 3.29. The van der Waals surface area contributed by atoms with Gasteiger partial charge >= 0.3 is 6.00 Å². The van der Waals surface area contributed by atoms with E-state index in [1.807, 2.05) is 0 Å². The van der Waals surface area contributed by atoms with E-state index in [0.29, 0.717) is 0 Å². The zero-order chi connectivity index (χ0) is 7.61. The van der Waals surface area contributed by atoms with E-state index in [4.69, 9.17) is 38.0 Å². The van der Waals surface area contributed by atoms with Crippen LogP contribution in [-0.4, -0.2) is 18.3 Å². The van der Waals surface area contributed by atoms with Crippen molar-refractivity contribution in [1.82, 2.24) is 0 Å². The van der Waals surface area contributed by atoms with Crippen molar-refractivity contribution in [2.45, 2.75) is 25.0 Å². The summed E-state index contributed by atoms with van der Waals surface area (Å²) in [6.07, 6.45) is 3.15. The minimum Gasteiger partial charge on any atom is -0.377 e. The van der Waals surface area contributed by atoms with E-state index in [0.717, 1.165) is 25.9 Å². The van der Waals surface area contributed by atoms with Gasteiger partial charge in [-0.25, -0.2) is 0 Å². The summed E-state index contributed by atoms with van der Waals surface area (Å²) >= 11 is 17.3. The van der Waals surface area contributed by atoms with Gasteiger partial charge in [0.2, 0.25) is 0 Å². The topological polar surface area (TPSA) is 9.23 Å². The minimum absolute atomic E-state index is 0.0637. The van der Waals surface area contributed by atoms with Crippen LogP contribution in [0, 0.1) is 0 Å². The van der Waals surface area contributed by atoms with Gasteiger partial charge in [0.25, 0.3) is 0 Å². The third kappa shape index (κ3) is 2.59. The Morgan fingerprint density at radius 1 is 1.20 bits per heavy atom. The third-order valence-corrected chi connectivity index (χ3v) is 4.92. The average Bonchev–Trinajstić information content (AvgIpc) is 1.88. The second-order valence-corrected chi connectivity index (χ2v) is 11.2. The lowest BCUT2D eigenvalue weighted by atomic mass is 10.2. The SMILES string of the molecule is Cl[Si](Cl)(Cl)C1CCCCO1. The van der Waals surface area contributed by atoms with Gasteiger partial charge in [0.1, 0.15) is 0 Å². The molecule has 1 saturated heterocycles. The number of ether oxygens (including phenoxy) is 1. The lowest BCUT2D eigenvalue weighted by Crippen LogP contribution is -2.36. The monoisotopic (exact) mass is 218 g/mol. The molecular weight excluding hydrogens is 210 g/mol. The Kier molecular flexibility index (Phi) is 3.32. The van der Waals surface area contributed by atoms with Crippen LogP contribution in [0.2, 0.25) is 0 Å². The lowest BCUT2D eigenvalue weighted by molar-refractivity contribution is 0.0647. The molecule has 0 N–H and O–H groups in total. The molecule has 0 saturated carbocycles. The molecule has 0 bridgehead atoms. The van der Waals surface area contributed by atoms with Crippen LogP contribution in [0.4, 0.5) is 0 Å². The highest BCUT2D eigenvalue weighted by Crippen LogP contribution is 2.31. The van der Waals surface area contributed by atoms with E-state index in [2.05, 4.69) is 0 Å². The highest BCUT2D eigenvalue weighted by atomic mass is 35.8. The van der Waals surface area contributed by atoms with E-state index >= 15 is 0 Å². The van der Waals surface area contributed by atoms with Gasteiger partial charge in [-0.15, -0.1) is 33.2 Å². The number of halogens is 3. The van der Waals surface area contributed by atoms with Gasteiger partial charge in [0.05, 0.1) is 5.73 Å². The van der Waals surface area contributed by atoms with Gasteiger partial charge in [0.15, 0.2) is 0 Å². The summed E-state index contributed by atoms with van der Waals surface area (Å²) in [5.41, 5.74) is -0.0637. The molecule has 5 heteroatoms. The normalized spacial score (nSPS) is 28.5. The summed E-state index contributed by atoms with van der Waals surface area (Å²) in [6.45, 7) is 0.756. The molecule has 0 amide bonds. The van der Waals surface area contributed by atoms with Gasteiger partial charge in [-0.1, -0.05) is 0 Å². The molecule has 1 atom stereocenters. The maximum atomic E-state index is 5.76. The Morgan fingerprint density at radius 3 is 2.20 bits per heavy atom. The Hall–Kier alpha value is 1.05. The van der Waals surface area contributed by atoms with Crippen molar-refractivity contribution in [3.8, 4) is 0 Å². The molecule has 1 heterocycles. The number of rotatable bonds is 1. The molecule has 0 aliphatic carbocycles. The van der Waals surface area contributed by atoms with Crippen molar-refractivity contribution >= 4 is 39.2 Å². The largest absolute Gasteiger partial charge is 0.377 e. The molecule has 0 aromatic rings. The fraction of sp³-hybridized carbons (Fsp3) is 1.00. The van der Waals surface area contributed by atoms with Crippen LogP contribution in [0.3, 0.4) is 0 Å². The summed E-state index contributed by atoms with van der Waals surface area (Å²) in [5, 5.41) is 0. The van der Waals surface area contributed by atoms with Crippen LogP contribution in [0.15, 0.2) is 0 Å². The van der Waals surface area contributed by atoms with Crippen molar-refractivity contribution in [3.05, 3.63) is 0 Å². The Labute approximate surface area is 75.7 Å².